The molecule has 1 saturated heterocycles. The standard InChI is InChI=1S/C8H13ClN2O2/c1-3-4-5-8(2)6(12)10-7(13)11(8)9/h3-5H2,1-2H3,(H,10,12,13). The van der Waals surface area contributed by atoms with Crippen LogP contribution in [-0.4, -0.2) is 21.9 Å². The highest BCUT2D eigenvalue weighted by Gasteiger charge is 2.48. The van der Waals surface area contributed by atoms with Crippen molar-refractivity contribution in [2.75, 3.05) is 0 Å². The maximum atomic E-state index is 11.4. The Balaban J connectivity index is 2.75. The van der Waals surface area contributed by atoms with Gasteiger partial charge in [-0.1, -0.05) is 19.8 Å². The molecule has 1 N–H and O–H groups in total. The number of unbranched alkanes of at least 4 members (excludes halogenated alkanes) is 1. The van der Waals surface area contributed by atoms with E-state index in [2.05, 4.69) is 5.32 Å². The van der Waals surface area contributed by atoms with Crippen molar-refractivity contribution in [1.82, 2.24) is 9.74 Å². The van der Waals surface area contributed by atoms with Gasteiger partial charge in [-0.2, -0.15) is 0 Å². The topological polar surface area (TPSA) is 49.4 Å². The highest BCUT2D eigenvalue weighted by atomic mass is 35.5. The molecular formula is C8H13ClN2O2. The first-order valence-corrected chi connectivity index (χ1v) is 4.67. The van der Waals surface area contributed by atoms with E-state index in [1.54, 1.807) is 6.92 Å². The van der Waals surface area contributed by atoms with E-state index < -0.39 is 11.6 Å². The van der Waals surface area contributed by atoms with Gasteiger partial charge in [-0.15, -0.1) is 0 Å². The number of hydrogen-bond donors (Lipinski definition) is 1. The van der Waals surface area contributed by atoms with Gasteiger partial charge in [0.25, 0.3) is 5.91 Å². The maximum absolute atomic E-state index is 11.4. The molecule has 0 aromatic rings. The van der Waals surface area contributed by atoms with Crippen LogP contribution in [-0.2, 0) is 4.79 Å². The van der Waals surface area contributed by atoms with E-state index in [9.17, 15) is 9.59 Å². The first kappa shape index (κ1) is 10.3. The third-order valence-corrected chi connectivity index (χ3v) is 2.86. The first-order chi connectivity index (χ1) is 6.02. The van der Waals surface area contributed by atoms with Crippen LogP contribution < -0.4 is 5.32 Å². The van der Waals surface area contributed by atoms with Gasteiger partial charge in [0.05, 0.1) is 0 Å². The van der Waals surface area contributed by atoms with Gasteiger partial charge in [0, 0.05) is 11.8 Å². The Morgan fingerprint density at radius 2 is 2.15 bits per heavy atom. The number of carbonyl (C=O) groups is 2. The Morgan fingerprint density at radius 1 is 1.54 bits per heavy atom. The molecule has 4 nitrogen and oxygen atoms in total. The van der Waals surface area contributed by atoms with Crippen LogP contribution in [0.3, 0.4) is 0 Å². The molecule has 74 valence electrons. The average molecular weight is 205 g/mol. The molecule has 1 heterocycles. The molecule has 0 bridgehead atoms. The van der Waals surface area contributed by atoms with Gasteiger partial charge < -0.3 is 0 Å². The smallest absolute Gasteiger partial charge is 0.275 e. The second-order valence-electron chi connectivity index (χ2n) is 3.42. The molecular weight excluding hydrogens is 192 g/mol. The quantitative estimate of drug-likeness (QED) is 0.561. The second-order valence-corrected chi connectivity index (χ2v) is 3.76. The van der Waals surface area contributed by atoms with Gasteiger partial charge in [-0.3, -0.25) is 10.1 Å². The van der Waals surface area contributed by atoms with Crippen molar-refractivity contribution in [2.45, 2.75) is 38.6 Å². The molecule has 1 unspecified atom stereocenters. The molecule has 1 atom stereocenters. The Morgan fingerprint density at radius 3 is 2.54 bits per heavy atom. The van der Waals surface area contributed by atoms with Gasteiger partial charge in [-0.25, -0.2) is 9.21 Å². The van der Waals surface area contributed by atoms with Gasteiger partial charge in [-0.05, 0) is 13.3 Å². The number of nitrogens with one attached hydrogen (secondary N) is 1. The molecule has 0 aliphatic carbocycles. The fourth-order valence-electron chi connectivity index (χ4n) is 1.33. The average Bonchev–Trinajstić information content (AvgIpc) is 2.28. The third kappa shape index (κ3) is 1.63. The second kappa shape index (κ2) is 3.54. The molecule has 13 heavy (non-hydrogen) atoms. The zero-order valence-corrected chi connectivity index (χ0v) is 8.52. The predicted molar refractivity (Wildman–Crippen MR) is 49.2 cm³/mol. The Labute approximate surface area is 82.3 Å². The van der Waals surface area contributed by atoms with Gasteiger partial charge in [0.1, 0.15) is 5.54 Å². The van der Waals surface area contributed by atoms with Crippen molar-refractivity contribution in [3.8, 4) is 0 Å². The van der Waals surface area contributed by atoms with Crippen LogP contribution in [0.25, 0.3) is 0 Å². The highest BCUT2D eigenvalue weighted by molar-refractivity contribution is 6.28. The number of hydrogen-bond acceptors (Lipinski definition) is 2. The lowest BCUT2D eigenvalue weighted by Crippen LogP contribution is -2.42. The normalized spacial score (nSPS) is 28.1. The van der Waals surface area contributed by atoms with Crippen molar-refractivity contribution in [1.29, 1.82) is 0 Å². The molecule has 3 amide bonds. The van der Waals surface area contributed by atoms with E-state index in [0.717, 1.165) is 17.3 Å². The number of amides is 3. The number of halogens is 1. The first-order valence-electron chi connectivity index (χ1n) is 4.34. The summed E-state index contributed by atoms with van der Waals surface area (Å²) in [6, 6.07) is -0.523. The monoisotopic (exact) mass is 204 g/mol. The summed E-state index contributed by atoms with van der Waals surface area (Å²) >= 11 is 5.70. The largest absolute Gasteiger partial charge is 0.339 e. The summed E-state index contributed by atoms with van der Waals surface area (Å²) < 4.78 is 0.963. The van der Waals surface area contributed by atoms with Crippen molar-refractivity contribution in [2.24, 2.45) is 0 Å². The summed E-state index contributed by atoms with van der Waals surface area (Å²) in [5.41, 5.74) is -0.866. The predicted octanol–water partition coefficient (Wildman–Crippen LogP) is 1.64. The fourth-order valence-corrected chi connectivity index (χ4v) is 1.53. The van der Waals surface area contributed by atoms with Crippen LogP contribution in [0.1, 0.15) is 33.1 Å². The van der Waals surface area contributed by atoms with Crippen molar-refractivity contribution in [3.05, 3.63) is 0 Å². The molecule has 0 aromatic carbocycles. The molecule has 0 aromatic heterocycles. The Hall–Kier alpha value is -0.770. The third-order valence-electron chi connectivity index (χ3n) is 2.34. The molecule has 0 saturated carbocycles. The maximum Gasteiger partial charge on any atom is 0.339 e. The fraction of sp³-hybridized carbons (Fsp3) is 0.750. The minimum atomic E-state index is -0.866. The minimum absolute atomic E-state index is 0.305. The molecule has 5 heteroatoms. The number of rotatable bonds is 3. The number of imide groups is 1. The molecule has 1 fully saturated rings. The van der Waals surface area contributed by atoms with Crippen molar-refractivity contribution >= 4 is 23.7 Å². The van der Waals surface area contributed by atoms with E-state index in [1.165, 1.54) is 0 Å². The van der Waals surface area contributed by atoms with Crippen molar-refractivity contribution in [3.63, 3.8) is 0 Å². The Bertz CT molecular complexity index is 244. The molecule has 1 aliphatic heterocycles. The van der Waals surface area contributed by atoms with E-state index in [4.69, 9.17) is 11.8 Å². The van der Waals surface area contributed by atoms with E-state index in [1.807, 2.05) is 6.92 Å². The number of urea groups is 1. The van der Waals surface area contributed by atoms with Gasteiger partial charge >= 0.3 is 6.03 Å². The number of carbonyl (C=O) groups excluding carboxylic acids is 2. The van der Waals surface area contributed by atoms with E-state index in [-0.39, 0.29) is 5.91 Å². The zero-order valence-electron chi connectivity index (χ0n) is 7.76. The highest BCUT2D eigenvalue weighted by Crippen LogP contribution is 2.28. The zero-order chi connectivity index (χ0) is 10.1. The summed E-state index contributed by atoms with van der Waals surface area (Å²) in [6.45, 7) is 3.70. The Kier molecular flexibility index (Phi) is 2.81. The van der Waals surface area contributed by atoms with Gasteiger partial charge in [0.15, 0.2) is 0 Å². The lowest BCUT2D eigenvalue weighted by molar-refractivity contribution is -0.125. The van der Waals surface area contributed by atoms with Crippen LogP contribution in [0.4, 0.5) is 4.79 Å². The SMILES string of the molecule is CCCCC1(C)C(=O)NC(=O)N1Cl. The molecule has 0 spiro atoms. The minimum Gasteiger partial charge on any atom is -0.275 e. The van der Waals surface area contributed by atoms with E-state index >= 15 is 0 Å². The van der Waals surface area contributed by atoms with Crippen LogP contribution >= 0.6 is 11.8 Å². The lowest BCUT2D eigenvalue weighted by atomic mass is 9.95. The van der Waals surface area contributed by atoms with Crippen LogP contribution in [0.15, 0.2) is 0 Å². The molecule has 0 radical (unpaired) electrons. The molecule has 1 rings (SSSR count). The summed E-state index contributed by atoms with van der Waals surface area (Å²) in [4.78, 5) is 22.4. The van der Waals surface area contributed by atoms with Crippen LogP contribution in [0.5, 0.6) is 0 Å². The van der Waals surface area contributed by atoms with Crippen LogP contribution in [0.2, 0.25) is 0 Å². The summed E-state index contributed by atoms with van der Waals surface area (Å²) in [5, 5.41) is 2.18. The summed E-state index contributed by atoms with van der Waals surface area (Å²) in [5.74, 6) is -0.305. The van der Waals surface area contributed by atoms with E-state index in [0.29, 0.717) is 6.42 Å². The summed E-state index contributed by atoms with van der Waals surface area (Å²) in [6.07, 6.45) is 2.45. The number of nitrogens with zero attached hydrogens (tertiary/aromatic N) is 1. The van der Waals surface area contributed by atoms with Crippen molar-refractivity contribution < 1.29 is 9.59 Å². The lowest BCUT2D eigenvalue weighted by Gasteiger charge is -2.25. The summed E-state index contributed by atoms with van der Waals surface area (Å²) in [7, 11) is 0. The van der Waals surface area contributed by atoms with Gasteiger partial charge in [0.2, 0.25) is 0 Å². The van der Waals surface area contributed by atoms with Crippen LogP contribution in [0, 0.1) is 0 Å². The molecule has 1 aliphatic rings.